The highest BCUT2D eigenvalue weighted by Crippen LogP contribution is 2.37. The fourth-order valence-corrected chi connectivity index (χ4v) is 2.63. The molecule has 0 saturated carbocycles. The van der Waals surface area contributed by atoms with Crippen molar-refractivity contribution in [3.63, 3.8) is 0 Å². The second-order valence-corrected chi connectivity index (χ2v) is 5.63. The molecule has 16 heavy (non-hydrogen) atoms. The van der Waals surface area contributed by atoms with Crippen molar-refractivity contribution < 1.29 is 4.79 Å². The van der Waals surface area contributed by atoms with Gasteiger partial charge >= 0.3 is 0 Å². The van der Waals surface area contributed by atoms with Crippen LogP contribution < -0.4 is 0 Å². The number of unbranched alkanes of at least 4 members (excludes halogenated alkanes) is 1. The average Bonchev–Trinajstić information content (AvgIpc) is 2.14. The lowest BCUT2D eigenvalue weighted by molar-refractivity contribution is -0.115. The van der Waals surface area contributed by atoms with Gasteiger partial charge in [0.2, 0.25) is 0 Å². The fraction of sp³-hybridized carbons (Fsp3) is 0.786. The molecule has 0 spiro atoms. The van der Waals surface area contributed by atoms with E-state index in [9.17, 15) is 4.79 Å². The Morgan fingerprint density at radius 2 is 2.19 bits per heavy atom. The Kier molecular flexibility index (Phi) is 4.17. The summed E-state index contributed by atoms with van der Waals surface area (Å²) in [6, 6.07) is 0.546. The Labute approximate surface area is 99.7 Å². The molecule has 0 aromatic heterocycles. The van der Waals surface area contributed by atoms with Crippen LogP contribution in [0.3, 0.4) is 0 Å². The number of nitrogens with zero attached hydrogens (tertiary/aromatic N) is 1. The molecule has 0 radical (unpaired) electrons. The second-order valence-electron chi connectivity index (χ2n) is 5.63. The molecule has 1 unspecified atom stereocenters. The van der Waals surface area contributed by atoms with Crippen LogP contribution in [0, 0.1) is 5.41 Å². The number of carbonyl (C=O) groups excluding carboxylic acids is 1. The third-order valence-electron chi connectivity index (χ3n) is 3.55. The largest absolute Gasteiger partial charge is 0.374 e. The third-order valence-corrected chi connectivity index (χ3v) is 3.55. The van der Waals surface area contributed by atoms with Gasteiger partial charge in [-0.2, -0.15) is 0 Å². The molecule has 0 aromatic rings. The van der Waals surface area contributed by atoms with E-state index in [0.29, 0.717) is 6.04 Å². The van der Waals surface area contributed by atoms with Gasteiger partial charge in [-0.1, -0.05) is 27.2 Å². The summed E-state index contributed by atoms with van der Waals surface area (Å²) < 4.78 is 0. The number of rotatable bonds is 4. The van der Waals surface area contributed by atoms with Gasteiger partial charge in [0, 0.05) is 24.4 Å². The van der Waals surface area contributed by atoms with Crippen molar-refractivity contribution in [2.75, 3.05) is 6.54 Å². The first-order chi connectivity index (χ1) is 7.38. The third kappa shape index (κ3) is 2.87. The minimum Gasteiger partial charge on any atom is -0.374 e. The summed E-state index contributed by atoms with van der Waals surface area (Å²) >= 11 is 0. The first kappa shape index (κ1) is 13.3. The van der Waals surface area contributed by atoms with Crippen molar-refractivity contribution in [2.24, 2.45) is 5.41 Å². The second kappa shape index (κ2) is 5.03. The van der Waals surface area contributed by atoms with Crippen molar-refractivity contribution >= 4 is 5.78 Å². The summed E-state index contributed by atoms with van der Waals surface area (Å²) in [5, 5.41) is 0. The van der Waals surface area contributed by atoms with Crippen LogP contribution in [0.1, 0.15) is 53.9 Å². The fourth-order valence-electron chi connectivity index (χ4n) is 2.63. The van der Waals surface area contributed by atoms with E-state index in [4.69, 9.17) is 0 Å². The maximum atomic E-state index is 11.6. The molecule has 2 heteroatoms. The van der Waals surface area contributed by atoms with Crippen LogP contribution >= 0.6 is 0 Å². The summed E-state index contributed by atoms with van der Waals surface area (Å²) in [6.07, 6.45) is 5.58. The molecule has 0 aromatic carbocycles. The van der Waals surface area contributed by atoms with E-state index >= 15 is 0 Å². The minimum atomic E-state index is 0.0357. The molecule has 0 saturated heterocycles. The van der Waals surface area contributed by atoms with E-state index in [0.717, 1.165) is 18.5 Å². The zero-order valence-electron chi connectivity index (χ0n) is 11.3. The van der Waals surface area contributed by atoms with Crippen LogP contribution in [-0.4, -0.2) is 23.3 Å². The zero-order valence-corrected chi connectivity index (χ0v) is 11.3. The first-order valence-electron chi connectivity index (χ1n) is 6.37. The van der Waals surface area contributed by atoms with Crippen molar-refractivity contribution in [1.29, 1.82) is 0 Å². The first-order valence-corrected chi connectivity index (χ1v) is 6.37. The summed E-state index contributed by atoms with van der Waals surface area (Å²) in [4.78, 5) is 14.0. The quantitative estimate of drug-likeness (QED) is 0.728. The molecular formula is C14H25NO. The Bertz CT molecular complexity index is 291. The number of ketones is 1. The molecule has 92 valence electrons. The lowest BCUT2D eigenvalue weighted by atomic mass is 9.75. The normalized spacial score (nSPS) is 24.2. The molecule has 0 aliphatic carbocycles. The smallest absolute Gasteiger partial charge is 0.157 e. The number of hydrogen-bond donors (Lipinski definition) is 0. The Balaban J connectivity index is 2.88. The SMILES string of the molecule is CCCCN1C=C(C(C)=O)C(C)(C)CC1C. The zero-order chi connectivity index (χ0) is 12.3. The molecule has 0 amide bonds. The van der Waals surface area contributed by atoms with Crippen LogP contribution in [0.25, 0.3) is 0 Å². The van der Waals surface area contributed by atoms with Crippen molar-refractivity contribution in [2.45, 2.75) is 59.9 Å². The van der Waals surface area contributed by atoms with Crippen LogP contribution in [0.2, 0.25) is 0 Å². The van der Waals surface area contributed by atoms with Gasteiger partial charge in [0.15, 0.2) is 5.78 Å². The lowest BCUT2D eigenvalue weighted by Crippen LogP contribution is -2.40. The van der Waals surface area contributed by atoms with Crippen molar-refractivity contribution in [3.8, 4) is 0 Å². The maximum absolute atomic E-state index is 11.6. The highest BCUT2D eigenvalue weighted by atomic mass is 16.1. The van der Waals surface area contributed by atoms with E-state index in [2.05, 4.69) is 38.8 Å². The van der Waals surface area contributed by atoms with Gasteiger partial charge in [-0.15, -0.1) is 0 Å². The summed E-state index contributed by atoms with van der Waals surface area (Å²) in [5.74, 6) is 0.221. The van der Waals surface area contributed by atoms with Crippen LogP contribution in [0.5, 0.6) is 0 Å². The van der Waals surface area contributed by atoms with Gasteiger partial charge in [0.05, 0.1) is 0 Å². The summed E-state index contributed by atoms with van der Waals surface area (Å²) in [5.41, 5.74) is 1.02. The van der Waals surface area contributed by atoms with E-state index in [1.165, 1.54) is 12.8 Å². The van der Waals surface area contributed by atoms with Gasteiger partial charge in [0.25, 0.3) is 0 Å². The molecule has 0 N–H and O–H groups in total. The van der Waals surface area contributed by atoms with Gasteiger partial charge in [-0.25, -0.2) is 0 Å². The van der Waals surface area contributed by atoms with Crippen molar-refractivity contribution in [3.05, 3.63) is 11.8 Å². The van der Waals surface area contributed by atoms with Gasteiger partial charge in [-0.3, -0.25) is 4.79 Å². The molecule has 0 fully saturated rings. The minimum absolute atomic E-state index is 0.0357. The number of hydrogen-bond acceptors (Lipinski definition) is 2. The molecule has 1 rings (SSSR count). The summed E-state index contributed by atoms with van der Waals surface area (Å²) in [7, 11) is 0. The standard InChI is InChI=1S/C14H25NO/c1-6-7-8-15-10-13(12(3)16)14(4,5)9-11(15)2/h10-11H,6-9H2,1-5H3. The van der Waals surface area contributed by atoms with E-state index in [1.54, 1.807) is 6.92 Å². The highest BCUT2D eigenvalue weighted by molar-refractivity contribution is 5.94. The number of Topliss-reactive ketones (excluding diaryl/α,β-unsaturated/α-hetero) is 1. The topological polar surface area (TPSA) is 20.3 Å². The summed E-state index contributed by atoms with van der Waals surface area (Å²) in [6.45, 7) is 11.6. The lowest BCUT2D eigenvalue weighted by Gasteiger charge is -2.41. The van der Waals surface area contributed by atoms with Gasteiger partial charge in [0.1, 0.15) is 0 Å². The average molecular weight is 223 g/mol. The van der Waals surface area contributed by atoms with E-state index < -0.39 is 0 Å². The molecule has 1 aliphatic heterocycles. The highest BCUT2D eigenvalue weighted by Gasteiger charge is 2.34. The predicted octanol–water partition coefficient (Wildman–Crippen LogP) is 3.38. The molecule has 1 heterocycles. The molecule has 1 atom stereocenters. The number of allylic oxidation sites excluding steroid dienone is 1. The molecule has 1 aliphatic rings. The Morgan fingerprint density at radius 3 is 2.69 bits per heavy atom. The van der Waals surface area contributed by atoms with Gasteiger partial charge in [-0.05, 0) is 32.1 Å². The Morgan fingerprint density at radius 1 is 1.56 bits per heavy atom. The van der Waals surface area contributed by atoms with Crippen LogP contribution in [0.15, 0.2) is 11.8 Å². The van der Waals surface area contributed by atoms with Crippen LogP contribution in [0.4, 0.5) is 0 Å². The molecule has 0 bridgehead atoms. The van der Waals surface area contributed by atoms with E-state index in [-0.39, 0.29) is 11.2 Å². The monoisotopic (exact) mass is 223 g/mol. The van der Waals surface area contributed by atoms with E-state index in [1.807, 2.05) is 0 Å². The molecule has 2 nitrogen and oxygen atoms in total. The molecular weight excluding hydrogens is 198 g/mol. The Hall–Kier alpha value is -0.790. The number of carbonyl (C=O) groups is 1. The van der Waals surface area contributed by atoms with Crippen LogP contribution in [-0.2, 0) is 4.79 Å². The van der Waals surface area contributed by atoms with Gasteiger partial charge < -0.3 is 4.90 Å². The maximum Gasteiger partial charge on any atom is 0.157 e. The van der Waals surface area contributed by atoms with Crippen molar-refractivity contribution in [1.82, 2.24) is 4.90 Å². The predicted molar refractivity (Wildman–Crippen MR) is 68.2 cm³/mol.